The molecule has 1 heterocycles. The van der Waals surface area contributed by atoms with E-state index >= 15 is 0 Å². The van der Waals surface area contributed by atoms with Gasteiger partial charge in [0.05, 0.1) is 5.41 Å². The van der Waals surface area contributed by atoms with Crippen molar-refractivity contribution in [3.8, 4) is 0 Å². The lowest BCUT2D eigenvalue weighted by atomic mass is 9.72. The number of benzene rings is 2. The second kappa shape index (κ2) is 7.73. The summed E-state index contributed by atoms with van der Waals surface area (Å²) >= 11 is 0. The number of hydrogen-bond donors (Lipinski definition) is 1. The van der Waals surface area contributed by atoms with Gasteiger partial charge in [-0.1, -0.05) is 81.4 Å². The molecule has 1 N–H and O–H groups in total. The Balaban J connectivity index is 1.78. The molecule has 1 saturated carbocycles. The quantitative estimate of drug-likeness (QED) is 0.778. The molecule has 2 atom stereocenters. The fourth-order valence-electron chi connectivity index (χ4n) is 5.50. The first-order chi connectivity index (χ1) is 13.9. The largest absolute Gasteiger partial charge is 0.404 e. The Morgan fingerprint density at radius 3 is 2.03 bits per heavy atom. The van der Waals surface area contributed by atoms with E-state index in [0.717, 1.165) is 38.6 Å². The lowest BCUT2D eigenvalue weighted by Gasteiger charge is -2.47. The molecular weight excluding hydrogens is 374 g/mol. The topological polar surface area (TPSA) is 38.3 Å². The average molecular weight is 408 g/mol. The van der Waals surface area contributed by atoms with Gasteiger partial charge >= 0.3 is 0 Å². The van der Waals surface area contributed by atoms with E-state index in [2.05, 4.69) is 86.8 Å². The summed E-state index contributed by atoms with van der Waals surface area (Å²) in [6, 6.07) is 21.6. The Hall–Kier alpha value is -1.91. The van der Waals surface area contributed by atoms with Crippen LogP contribution in [0.3, 0.4) is 0 Å². The highest BCUT2D eigenvalue weighted by molar-refractivity contribution is 6.99. The minimum absolute atomic E-state index is 0.0295. The SMILES string of the molecule is CC(C)(C)[Si](OC1CCCC2(CCNC2=O)C1)(c1ccccc1)c1ccccc1. The van der Waals surface area contributed by atoms with Gasteiger partial charge in [-0.15, -0.1) is 0 Å². The van der Waals surface area contributed by atoms with E-state index in [1.54, 1.807) is 0 Å². The molecule has 2 fully saturated rings. The monoisotopic (exact) mass is 407 g/mol. The third kappa shape index (κ3) is 3.57. The zero-order valence-electron chi connectivity index (χ0n) is 17.9. The smallest absolute Gasteiger partial charge is 0.261 e. The van der Waals surface area contributed by atoms with Crippen LogP contribution in [0, 0.1) is 5.41 Å². The summed E-state index contributed by atoms with van der Waals surface area (Å²) in [4.78, 5) is 12.6. The minimum Gasteiger partial charge on any atom is -0.404 e. The van der Waals surface area contributed by atoms with Gasteiger partial charge in [-0.05, 0) is 47.5 Å². The first kappa shape index (κ1) is 20.4. The molecule has 1 saturated heterocycles. The Morgan fingerprint density at radius 2 is 1.55 bits per heavy atom. The summed E-state index contributed by atoms with van der Waals surface area (Å²) in [5, 5.41) is 5.67. The number of rotatable bonds is 4. The van der Waals surface area contributed by atoms with Crippen LogP contribution in [0.25, 0.3) is 0 Å². The third-order valence-electron chi connectivity index (χ3n) is 6.93. The van der Waals surface area contributed by atoms with Crippen LogP contribution in [-0.2, 0) is 9.22 Å². The highest BCUT2D eigenvalue weighted by Gasteiger charge is 2.53. The van der Waals surface area contributed by atoms with E-state index in [0.29, 0.717) is 0 Å². The first-order valence-corrected chi connectivity index (χ1v) is 12.9. The summed E-state index contributed by atoms with van der Waals surface area (Å²) in [5.41, 5.74) is -0.214. The summed E-state index contributed by atoms with van der Waals surface area (Å²) < 4.78 is 7.31. The predicted octanol–water partition coefficient (Wildman–Crippen LogP) is 4.01. The van der Waals surface area contributed by atoms with Crippen molar-refractivity contribution < 1.29 is 9.22 Å². The molecule has 1 aliphatic heterocycles. The van der Waals surface area contributed by atoms with Crippen molar-refractivity contribution in [1.82, 2.24) is 5.32 Å². The van der Waals surface area contributed by atoms with Crippen LogP contribution in [0.5, 0.6) is 0 Å². The number of hydrogen-bond acceptors (Lipinski definition) is 2. The van der Waals surface area contributed by atoms with E-state index in [9.17, 15) is 4.79 Å². The van der Waals surface area contributed by atoms with Crippen LogP contribution in [0.1, 0.15) is 52.9 Å². The maximum absolute atomic E-state index is 12.6. The van der Waals surface area contributed by atoms with Crippen molar-refractivity contribution in [2.24, 2.45) is 5.41 Å². The summed E-state index contributed by atoms with van der Waals surface area (Å²) in [6.07, 6.45) is 5.03. The van der Waals surface area contributed by atoms with Gasteiger partial charge in [-0.3, -0.25) is 4.79 Å². The van der Waals surface area contributed by atoms with Gasteiger partial charge in [0.1, 0.15) is 0 Å². The zero-order valence-corrected chi connectivity index (χ0v) is 18.9. The molecule has 0 radical (unpaired) electrons. The molecule has 2 aliphatic rings. The molecule has 4 rings (SSSR count). The molecule has 1 spiro atoms. The lowest BCUT2D eigenvalue weighted by molar-refractivity contribution is -0.131. The molecule has 2 aromatic carbocycles. The Kier molecular flexibility index (Phi) is 5.43. The molecule has 2 aromatic rings. The van der Waals surface area contributed by atoms with Gasteiger partial charge in [0.2, 0.25) is 5.91 Å². The minimum atomic E-state index is -2.56. The maximum Gasteiger partial charge on any atom is 0.261 e. The fourth-order valence-corrected chi connectivity index (χ4v) is 10.2. The van der Waals surface area contributed by atoms with Gasteiger partial charge in [0.15, 0.2) is 0 Å². The number of nitrogens with one attached hydrogen (secondary N) is 1. The third-order valence-corrected chi connectivity index (χ3v) is 12.0. The molecule has 2 unspecified atom stereocenters. The van der Waals surface area contributed by atoms with Crippen molar-refractivity contribution in [3.05, 3.63) is 60.7 Å². The Labute approximate surface area is 176 Å². The molecule has 0 bridgehead atoms. The predicted molar refractivity (Wildman–Crippen MR) is 121 cm³/mol. The molecule has 29 heavy (non-hydrogen) atoms. The second-order valence-electron chi connectivity index (χ2n) is 9.79. The molecule has 1 aliphatic carbocycles. The fraction of sp³-hybridized carbons (Fsp3) is 0.480. The van der Waals surface area contributed by atoms with Crippen molar-refractivity contribution in [2.75, 3.05) is 6.54 Å². The highest BCUT2D eigenvalue weighted by atomic mass is 28.4. The average Bonchev–Trinajstić information content (AvgIpc) is 3.06. The van der Waals surface area contributed by atoms with Crippen LogP contribution < -0.4 is 15.7 Å². The van der Waals surface area contributed by atoms with E-state index < -0.39 is 8.32 Å². The van der Waals surface area contributed by atoms with Crippen LogP contribution in [0.4, 0.5) is 0 Å². The molecule has 1 amide bonds. The number of amides is 1. The molecular formula is C25H33NO2Si. The maximum atomic E-state index is 12.6. The molecule has 154 valence electrons. The van der Waals surface area contributed by atoms with Crippen molar-refractivity contribution in [3.63, 3.8) is 0 Å². The van der Waals surface area contributed by atoms with E-state index in [-0.39, 0.29) is 22.5 Å². The van der Waals surface area contributed by atoms with Gasteiger partial charge in [0.25, 0.3) is 8.32 Å². The Bertz CT molecular complexity index is 807. The van der Waals surface area contributed by atoms with E-state index in [4.69, 9.17) is 4.43 Å². The molecule has 0 aromatic heterocycles. The summed E-state index contributed by atoms with van der Waals surface area (Å²) in [7, 11) is -2.56. The summed E-state index contributed by atoms with van der Waals surface area (Å²) in [6.45, 7) is 7.77. The highest BCUT2D eigenvalue weighted by Crippen LogP contribution is 2.45. The molecule has 3 nitrogen and oxygen atoms in total. The first-order valence-electron chi connectivity index (χ1n) is 10.9. The number of carbonyl (C=O) groups excluding carboxylic acids is 1. The standard InChI is InChI=1S/C25H33NO2Si/c1-24(2,3)29(21-12-6-4-7-13-21,22-14-8-5-9-15-22)28-20-11-10-16-25(19-20)17-18-26-23(25)27/h4-9,12-15,20H,10-11,16-19H2,1-3H3,(H,26,27). The van der Waals surface area contributed by atoms with Gasteiger partial charge < -0.3 is 9.74 Å². The summed E-state index contributed by atoms with van der Waals surface area (Å²) in [5.74, 6) is 0.244. The lowest BCUT2D eigenvalue weighted by Crippen LogP contribution is -2.68. The van der Waals surface area contributed by atoms with Crippen LogP contribution in [-0.4, -0.2) is 26.9 Å². The number of carbonyl (C=O) groups is 1. The molecule has 4 heteroatoms. The van der Waals surface area contributed by atoms with E-state index in [1.807, 2.05) is 0 Å². The van der Waals surface area contributed by atoms with Crippen molar-refractivity contribution in [1.29, 1.82) is 0 Å². The zero-order chi connectivity index (χ0) is 20.5. The Morgan fingerprint density at radius 1 is 0.966 bits per heavy atom. The van der Waals surface area contributed by atoms with E-state index in [1.165, 1.54) is 10.4 Å². The van der Waals surface area contributed by atoms with Gasteiger partial charge in [0, 0.05) is 12.6 Å². The van der Waals surface area contributed by atoms with Crippen LogP contribution in [0.2, 0.25) is 5.04 Å². The van der Waals surface area contributed by atoms with Gasteiger partial charge in [-0.2, -0.15) is 0 Å². The van der Waals surface area contributed by atoms with Gasteiger partial charge in [-0.25, -0.2) is 0 Å². The second-order valence-corrected chi connectivity index (χ2v) is 14.0. The van der Waals surface area contributed by atoms with Crippen molar-refractivity contribution >= 4 is 24.6 Å². The normalized spacial score (nSPS) is 25.2. The van der Waals surface area contributed by atoms with Crippen LogP contribution >= 0.6 is 0 Å². The van der Waals surface area contributed by atoms with Crippen molar-refractivity contribution in [2.45, 2.75) is 64.0 Å². The van der Waals surface area contributed by atoms with Crippen LogP contribution in [0.15, 0.2) is 60.7 Å².